The molecule has 0 aromatic carbocycles. The summed E-state index contributed by atoms with van der Waals surface area (Å²) in [5.41, 5.74) is 2.27. The van der Waals surface area contributed by atoms with Crippen molar-refractivity contribution < 1.29 is 4.79 Å². The number of carbonyl (C=O) groups excluding carboxylic acids is 1. The summed E-state index contributed by atoms with van der Waals surface area (Å²) >= 11 is 0. The van der Waals surface area contributed by atoms with Gasteiger partial charge in [0.2, 0.25) is 5.91 Å². The quantitative estimate of drug-likeness (QED) is 0.839. The predicted octanol–water partition coefficient (Wildman–Crippen LogP) is 2.87. The van der Waals surface area contributed by atoms with Gasteiger partial charge in [-0.3, -0.25) is 14.7 Å². The van der Waals surface area contributed by atoms with Crippen molar-refractivity contribution in [2.45, 2.75) is 58.5 Å². The lowest BCUT2D eigenvalue weighted by molar-refractivity contribution is -0.136. The topological polar surface area (TPSA) is 36.4 Å². The second kappa shape index (κ2) is 8.28. The van der Waals surface area contributed by atoms with Gasteiger partial charge in [-0.05, 0) is 44.9 Å². The van der Waals surface area contributed by atoms with E-state index in [2.05, 4.69) is 28.9 Å². The van der Waals surface area contributed by atoms with Crippen LogP contribution in [0.2, 0.25) is 0 Å². The van der Waals surface area contributed by atoms with Crippen molar-refractivity contribution in [2.75, 3.05) is 20.1 Å². The van der Waals surface area contributed by atoms with Crippen LogP contribution in [-0.4, -0.2) is 46.9 Å². The molecule has 1 aromatic rings. The van der Waals surface area contributed by atoms with E-state index in [9.17, 15) is 4.79 Å². The summed E-state index contributed by atoms with van der Waals surface area (Å²) < 4.78 is 0. The van der Waals surface area contributed by atoms with Crippen LogP contribution in [0, 0.1) is 0 Å². The molecule has 1 aromatic heterocycles. The first-order chi connectivity index (χ1) is 10.6. The summed E-state index contributed by atoms with van der Waals surface area (Å²) in [6, 6.07) is 4.10. The van der Waals surface area contributed by atoms with Gasteiger partial charge < -0.3 is 4.90 Å². The monoisotopic (exact) mass is 303 g/mol. The second-order valence-electron chi connectivity index (χ2n) is 6.34. The highest BCUT2D eigenvalue weighted by molar-refractivity contribution is 5.81. The minimum Gasteiger partial charge on any atom is -0.341 e. The number of rotatable bonds is 5. The van der Waals surface area contributed by atoms with Crippen molar-refractivity contribution in [3.8, 4) is 0 Å². The molecule has 2 heterocycles. The van der Waals surface area contributed by atoms with Gasteiger partial charge in [0.1, 0.15) is 0 Å². The van der Waals surface area contributed by atoms with E-state index in [0.717, 1.165) is 38.0 Å². The van der Waals surface area contributed by atoms with E-state index in [1.165, 1.54) is 18.4 Å². The van der Waals surface area contributed by atoms with E-state index in [1.807, 2.05) is 25.1 Å². The molecular weight excluding hydrogens is 274 g/mol. The van der Waals surface area contributed by atoms with E-state index >= 15 is 0 Å². The Labute approximate surface area is 134 Å². The Balaban J connectivity index is 1.92. The zero-order valence-corrected chi connectivity index (χ0v) is 14.2. The van der Waals surface area contributed by atoms with Gasteiger partial charge in [0.05, 0.1) is 11.7 Å². The van der Waals surface area contributed by atoms with E-state index in [4.69, 9.17) is 0 Å². The van der Waals surface area contributed by atoms with Crippen molar-refractivity contribution in [1.82, 2.24) is 14.8 Å². The Hall–Kier alpha value is -1.42. The molecule has 1 saturated heterocycles. The lowest BCUT2D eigenvalue weighted by atomic mass is 10.2. The second-order valence-corrected chi connectivity index (χ2v) is 6.34. The fraction of sp³-hybridized carbons (Fsp3) is 0.667. The van der Waals surface area contributed by atoms with Crippen molar-refractivity contribution >= 4 is 5.91 Å². The number of likely N-dealkylation sites (N-methyl/N-ethyl adjacent to an activating group) is 1. The first-order valence-electron chi connectivity index (χ1n) is 8.54. The van der Waals surface area contributed by atoms with Crippen LogP contribution >= 0.6 is 0 Å². The molecule has 0 aliphatic carbocycles. The zero-order valence-electron chi connectivity index (χ0n) is 14.2. The van der Waals surface area contributed by atoms with Gasteiger partial charge in [-0.25, -0.2) is 0 Å². The first-order valence-corrected chi connectivity index (χ1v) is 8.54. The van der Waals surface area contributed by atoms with Crippen LogP contribution in [0.15, 0.2) is 18.3 Å². The van der Waals surface area contributed by atoms with Crippen LogP contribution in [0.3, 0.4) is 0 Å². The molecule has 4 nitrogen and oxygen atoms in total. The number of hydrogen-bond donors (Lipinski definition) is 0. The van der Waals surface area contributed by atoms with E-state index in [1.54, 1.807) is 0 Å². The van der Waals surface area contributed by atoms with Crippen molar-refractivity contribution in [1.29, 1.82) is 0 Å². The smallest absolute Gasteiger partial charge is 0.239 e. The highest BCUT2D eigenvalue weighted by Crippen LogP contribution is 2.13. The summed E-state index contributed by atoms with van der Waals surface area (Å²) in [5, 5.41) is 0. The maximum atomic E-state index is 12.6. The Bertz CT molecular complexity index is 464. The maximum Gasteiger partial charge on any atom is 0.239 e. The molecule has 0 bridgehead atoms. The van der Waals surface area contributed by atoms with Crippen molar-refractivity contribution in [2.24, 2.45) is 0 Å². The third-order valence-electron chi connectivity index (χ3n) is 4.64. The molecule has 1 unspecified atom stereocenters. The van der Waals surface area contributed by atoms with Crippen LogP contribution < -0.4 is 0 Å². The molecule has 1 atom stereocenters. The number of pyridine rings is 1. The predicted molar refractivity (Wildman–Crippen MR) is 89.6 cm³/mol. The van der Waals surface area contributed by atoms with Crippen LogP contribution in [0.4, 0.5) is 0 Å². The molecule has 22 heavy (non-hydrogen) atoms. The van der Waals surface area contributed by atoms with Gasteiger partial charge in [0.15, 0.2) is 0 Å². The number of aryl methyl sites for hydroxylation is 1. The number of nitrogens with zero attached hydrogens (tertiary/aromatic N) is 3. The molecule has 0 radical (unpaired) electrons. The van der Waals surface area contributed by atoms with Gasteiger partial charge in [-0.15, -0.1) is 0 Å². The molecule has 4 heteroatoms. The highest BCUT2D eigenvalue weighted by Gasteiger charge is 2.24. The minimum atomic E-state index is -0.0919. The molecular formula is C18H29N3O. The summed E-state index contributed by atoms with van der Waals surface area (Å²) in [6.45, 7) is 6.68. The lowest BCUT2D eigenvalue weighted by Crippen LogP contribution is -2.45. The van der Waals surface area contributed by atoms with Crippen molar-refractivity contribution in [3.63, 3.8) is 0 Å². The summed E-state index contributed by atoms with van der Waals surface area (Å²) in [6.07, 6.45) is 7.73. The number of likely N-dealkylation sites (tertiary alicyclic amines) is 1. The van der Waals surface area contributed by atoms with E-state index in [-0.39, 0.29) is 11.9 Å². The Morgan fingerprint density at radius 2 is 1.95 bits per heavy atom. The van der Waals surface area contributed by atoms with Crippen LogP contribution in [0.1, 0.15) is 50.8 Å². The number of aromatic nitrogens is 1. The third kappa shape index (κ3) is 4.54. The standard InChI is InChI=1S/C18H29N3O/c1-4-16-9-10-17(19-13-16)14-20(3)15(2)18(22)21-11-7-5-6-8-12-21/h9-10,13,15H,4-8,11-12,14H2,1-3H3. The van der Waals surface area contributed by atoms with E-state index < -0.39 is 0 Å². The summed E-state index contributed by atoms with van der Waals surface area (Å²) in [7, 11) is 2.01. The largest absolute Gasteiger partial charge is 0.341 e. The highest BCUT2D eigenvalue weighted by atomic mass is 16.2. The average Bonchev–Trinajstić information content (AvgIpc) is 2.83. The van der Waals surface area contributed by atoms with Gasteiger partial charge in [0.25, 0.3) is 0 Å². The lowest BCUT2D eigenvalue weighted by Gasteiger charge is -2.29. The number of hydrogen-bond acceptors (Lipinski definition) is 3. The molecule has 2 rings (SSSR count). The zero-order chi connectivity index (χ0) is 15.9. The fourth-order valence-corrected chi connectivity index (χ4v) is 2.89. The fourth-order valence-electron chi connectivity index (χ4n) is 2.89. The summed E-state index contributed by atoms with van der Waals surface area (Å²) in [4.78, 5) is 21.3. The minimum absolute atomic E-state index is 0.0919. The van der Waals surface area contributed by atoms with Gasteiger partial charge >= 0.3 is 0 Å². The molecule has 0 saturated carbocycles. The Morgan fingerprint density at radius 3 is 2.50 bits per heavy atom. The molecule has 1 fully saturated rings. The summed E-state index contributed by atoms with van der Waals surface area (Å²) in [5.74, 6) is 0.259. The van der Waals surface area contributed by atoms with Gasteiger partial charge in [-0.1, -0.05) is 25.8 Å². The number of amides is 1. The van der Waals surface area contributed by atoms with Crippen LogP contribution in [-0.2, 0) is 17.8 Å². The van der Waals surface area contributed by atoms with Crippen LogP contribution in [0.25, 0.3) is 0 Å². The molecule has 122 valence electrons. The van der Waals surface area contributed by atoms with Crippen molar-refractivity contribution in [3.05, 3.63) is 29.6 Å². The number of carbonyl (C=O) groups is 1. The van der Waals surface area contributed by atoms with E-state index in [0.29, 0.717) is 6.54 Å². The molecule has 0 spiro atoms. The normalized spacial score (nSPS) is 17.4. The SMILES string of the molecule is CCc1ccc(CN(C)C(C)C(=O)N2CCCCCC2)nc1. The maximum absolute atomic E-state index is 12.6. The molecule has 1 amide bonds. The Kier molecular flexibility index (Phi) is 6.37. The third-order valence-corrected chi connectivity index (χ3v) is 4.64. The molecule has 1 aliphatic rings. The Morgan fingerprint density at radius 1 is 1.27 bits per heavy atom. The van der Waals surface area contributed by atoms with Gasteiger partial charge in [-0.2, -0.15) is 0 Å². The molecule has 1 aliphatic heterocycles. The average molecular weight is 303 g/mol. The first kappa shape index (κ1) is 16.9. The van der Waals surface area contributed by atoms with Crippen LogP contribution in [0.5, 0.6) is 0 Å². The molecule has 0 N–H and O–H groups in total. The van der Waals surface area contributed by atoms with Gasteiger partial charge in [0, 0.05) is 25.8 Å².